The van der Waals surface area contributed by atoms with E-state index in [1.165, 1.54) is 0 Å². The Kier molecular flexibility index (Phi) is 6.08. The zero-order valence-electron chi connectivity index (χ0n) is 18.7. The topological polar surface area (TPSA) is 89.3 Å². The van der Waals surface area contributed by atoms with Crippen molar-refractivity contribution >= 4 is 16.7 Å². The van der Waals surface area contributed by atoms with Crippen molar-refractivity contribution in [2.24, 2.45) is 7.05 Å². The van der Waals surface area contributed by atoms with Crippen LogP contribution >= 0.6 is 0 Å². The minimum Gasteiger partial charge on any atom is -0.391 e. The summed E-state index contributed by atoms with van der Waals surface area (Å²) in [6.45, 7) is 0.638. The van der Waals surface area contributed by atoms with Gasteiger partial charge in [-0.2, -0.15) is 5.10 Å². The number of hydrogen-bond donors (Lipinski definition) is 2. The van der Waals surface area contributed by atoms with Crippen LogP contribution in [0, 0.1) is 5.82 Å². The normalized spacial score (nSPS) is 18.2. The van der Waals surface area contributed by atoms with E-state index in [9.17, 15) is 9.90 Å². The van der Waals surface area contributed by atoms with Crippen LogP contribution in [0.3, 0.4) is 0 Å². The van der Waals surface area contributed by atoms with E-state index in [2.05, 4.69) is 15.4 Å². The number of amides is 1. The van der Waals surface area contributed by atoms with Gasteiger partial charge < -0.3 is 15.2 Å². The molecule has 34 heavy (non-hydrogen) atoms. The van der Waals surface area contributed by atoms with Gasteiger partial charge in [-0.15, -0.1) is 0 Å². The summed E-state index contributed by atoms with van der Waals surface area (Å²) in [5, 5.41) is 18.2. The number of fused-ring (bicyclic) bond motifs is 1. The fourth-order valence-corrected chi connectivity index (χ4v) is 4.31. The molecule has 0 bridgehead atoms. The third kappa shape index (κ3) is 4.42. The van der Waals surface area contributed by atoms with Gasteiger partial charge in [0.15, 0.2) is 0 Å². The van der Waals surface area contributed by atoms with Crippen molar-refractivity contribution in [1.29, 1.82) is 0 Å². The second-order valence-electron chi connectivity index (χ2n) is 8.58. The maximum atomic E-state index is 15.4. The highest BCUT2D eigenvalue weighted by Crippen LogP contribution is 2.28. The average molecular weight is 461 g/mol. The predicted molar refractivity (Wildman–Crippen MR) is 126 cm³/mol. The van der Waals surface area contributed by atoms with E-state index in [1.54, 1.807) is 35.3 Å². The van der Waals surface area contributed by atoms with Crippen LogP contribution < -0.4 is 5.32 Å². The minimum atomic E-state index is -0.718. The van der Waals surface area contributed by atoms with Crippen LogP contribution in [-0.4, -0.2) is 51.1 Å². The maximum Gasteiger partial charge on any atom is 0.254 e. The molecule has 1 aliphatic rings. The molecular weight excluding hydrogens is 435 g/mol. The number of nitrogens with zero attached hydrogens (tertiary/aromatic N) is 3. The maximum absolute atomic E-state index is 15.4. The molecule has 1 fully saturated rings. The molecule has 2 N–H and O–H groups in total. The van der Waals surface area contributed by atoms with Gasteiger partial charge in [0, 0.05) is 37.0 Å². The number of rotatable bonds is 5. The Morgan fingerprint density at radius 2 is 2.06 bits per heavy atom. The molecule has 4 aromatic rings. The molecule has 0 spiro atoms. The summed E-state index contributed by atoms with van der Waals surface area (Å²) in [6, 6.07) is 12.1. The summed E-state index contributed by atoms with van der Waals surface area (Å²) >= 11 is 0. The first kappa shape index (κ1) is 22.2. The van der Waals surface area contributed by atoms with Crippen molar-refractivity contribution in [2.75, 3.05) is 13.2 Å². The standard InChI is InChI=1S/C26H25FN4O3/c1-31-14-18(13-29-31)22-7-6-16(12-28-22)10-17-11-21(25(27)20-5-3-2-4-19(17)20)26(33)30-23-15-34-9-8-24(23)32/h2-7,11-14,23-24,32H,8-10,15H2,1H3,(H,30,33)/t23-,24-/m0/s1. The van der Waals surface area contributed by atoms with Gasteiger partial charge in [-0.05, 0) is 41.5 Å². The Morgan fingerprint density at radius 3 is 2.76 bits per heavy atom. The molecule has 2 aromatic heterocycles. The van der Waals surface area contributed by atoms with E-state index in [0.717, 1.165) is 27.8 Å². The molecule has 0 aliphatic carbocycles. The largest absolute Gasteiger partial charge is 0.391 e. The molecule has 1 amide bonds. The van der Waals surface area contributed by atoms with Crippen molar-refractivity contribution in [3.63, 3.8) is 0 Å². The molecular formula is C26H25FN4O3. The summed E-state index contributed by atoms with van der Waals surface area (Å²) in [4.78, 5) is 17.5. The molecule has 8 heteroatoms. The summed E-state index contributed by atoms with van der Waals surface area (Å²) in [6.07, 6.45) is 5.64. The molecule has 2 atom stereocenters. The lowest BCUT2D eigenvalue weighted by molar-refractivity contribution is -0.0140. The number of pyridine rings is 1. The number of ether oxygens (including phenoxy) is 1. The zero-order chi connectivity index (χ0) is 23.7. The van der Waals surface area contributed by atoms with Crippen molar-refractivity contribution in [2.45, 2.75) is 25.0 Å². The van der Waals surface area contributed by atoms with Gasteiger partial charge >= 0.3 is 0 Å². The van der Waals surface area contributed by atoms with E-state index < -0.39 is 23.9 Å². The lowest BCUT2D eigenvalue weighted by Crippen LogP contribution is -2.49. The highest BCUT2D eigenvalue weighted by atomic mass is 19.1. The predicted octanol–water partition coefficient (Wildman–Crippen LogP) is 3.24. The van der Waals surface area contributed by atoms with Crippen LogP contribution in [-0.2, 0) is 18.2 Å². The number of carbonyl (C=O) groups excluding carboxylic acids is 1. The highest BCUT2D eigenvalue weighted by molar-refractivity contribution is 6.00. The molecule has 0 unspecified atom stereocenters. The van der Waals surface area contributed by atoms with Crippen LogP contribution in [0.15, 0.2) is 61.1 Å². The van der Waals surface area contributed by atoms with Crippen molar-refractivity contribution in [1.82, 2.24) is 20.1 Å². The summed E-state index contributed by atoms with van der Waals surface area (Å²) < 4.78 is 22.4. The van der Waals surface area contributed by atoms with E-state index in [1.807, 2.05) is 37.5 Å². The van der Waals surface area contributed by atoms with Crippen molar-refractivity contribution in [3.8, 4) is 11.3 Å². The first-order valence-electron chi connectivity index (χ1n) is 11.2. The first-order chi connectivity index (χ1) is 16.5. The average Bonchev–Trinajstić information content (AvgIpc) is 3.29. The minimum absolute atomic E-state index is 0.0496. The highest BCUT2D eigenvalue weighted by Gasteiger charge is 2.27. The van der Waals surface area contributed by atoms with Gasteiger partial charge in [-0.3, -0.25) is 14.5 Å². The molecule has 3 heterocycles. The second-order valence-corrected chi connectivity index (χ2v) is 8.58. The number of carbonyl (C=O) groups is 1. The Morgan fingerprint density at radius 1 is 1.24 bits per heavy atom. The Bertz CT molecular complexity index is 1340. The van der Waals surface area contributed by atoms with Gasteiger partial charge in [0.2, 0.25) is 0 Å². The number of aryl methyl sites for hydroxylation is 1. The SMILES string of the molecule is Cn1cc(-c2ccc(Cc3cc(C(=O)N[C@H]4COCC[C@@H]4O)c(F)c4ccccc34)cn2)cn1. The zero-order valence-corrected chi connectivity index (χ0v) is 18.7. The first-order valence-corrected chi connectivity index (χ1v) is 11.2. The second kappa shape index (κ2) is 9.32. The van der Waals surface area contributed by atoms with Crippen LogP contribution in [0.5, 0.6) is 0 Å². The molecule has 0 saturated carbocycles. The van der Waals surface area contributed by atoms with Crippen LogP contribution in [0.25, 0.3) is 22.0 Å². The fourth-order valence-electron chi connectivity index (χ4n) is 4.31. The number of aromatic nitrogens is 3. The van der Waals surface area contributed by atoms with Gasteiger partial charge in [0.05, 0.1) is 36.2 Å². The number of aliphatic hydroxyl groups is 1. The third-order valence-corrected chi connectivity index (χ3v) is 6.17. The Hall–Kier alpha value is -3.62. The van der Waals surface area contributed by atoms with Crippen molar-refractivity contribution < 1.29 is 19.0 Å². The monoisotopic (exact) mass is 460 g/mol. The molecule has 5 rings (SSSR count). The molecule has 7 nitrogen and oxygen atoms in total. The summed E-state index contributed by atoms with van der Waals surface area (Å²) in [5.41, 5.74) is 3.44. The van der Waals surface area contributed by atoms with Crippen LogP contribution in [0.1, 0.15) is 27.9 Å². The molecule has 174 valence electrons. The van der Waals surface area contributed by atoms with E-state index in [-0.39, 0.29) is 12.2 Å². The number of nitrogens with one attached hydrogen (secondary N) is 1. The quantitative estimate of drug-likeness (QED) is 0.477. The summed E-state index contributed by atoms with van der Waals surface area (Å²) in [7, 11) is 1.85. The van der Waals surface area contributed by atoms with Gasteiger partial charge in [-0.1, -0.05) is 30.3 Å². The Labute approximate surface area is 196 Å². The lowest BCUT2D eigenvalue weighted by Gasteiger charge is -2.28. The molecule has 2 aromatic carbocycles. The lowest BCUT2D eigenvalue weighted by atomic mass is 9.95. The number of benzene rings is 2. The molecule has 1 saturated heterocycles. The molecule has 1 aliphatic heterocycles. The fraction of sp³-hybridized carbons (Fsp3) is 0.269. The van der Waals surface area contributed by atoms with Crippen molar-refractivity contribution in [3.05, 3.63) is 83.6 Å². The van der Waals surface area contributed by atoms with Crippen LogP contribution in [0.2, 0.25) is 0 Å². The van der Waals surface area contributed by atoms with Gasteiger partial charge in [0.25, 0.3) is 5.91 Å². The van der Waals surface area contributed by atoms with E-state index >= 15 is 4.39 Å². The Balaban J connectivity index is 1.46. The van der Waals surface area contributed by atoms with E-state index in [4.69, 9.17) is 4.74 Å². The van der Waals surface area contributed by atoms with E-state index in [0.29, 0.717) is 24.8 Å². The third-order valence-electron chi connectivity index (χ3n) is 6.17. The van der Waals surface area contributed by atoms with Gasteiger partial charge in [-0.25, -0.2) is 4.39 Å². The number of hydrogen-bond acceptors (Lipinski definition) is 5. The molecule has 0 radical (unpaired) electrons. The van der Waals surface area contributed by atoms with Crippen LogP contribution in [0.4, 0.5) is 4.39 Å². The smallest absolute Gasteiger partial charge is 0.254 e. The number of aliphatic hydroxyl groups excluding tert-OH is 1. The van der Waals surface area contributed by atoms with Gasteiger partial charge in [0.1, 0.15) is 5.82 Å². The number of halogens is 1. The summed E-state index contributed by atoms with van der Waals surface area (Å²) in [5.74, 6) is -1.14.